The summed E-state index contributed by atoms with van der Waals surface area (Å²) in [5, 5.41) is 4.71. The van der Waals surface area contributed by atoms with Crippen LogP contribution in [0.5, 0.6) is 0 Å². The second-order valence-electron chi connectivity index (χ2n) is 5.00. The lowest BCUT2D eigenvalue weighted by Gasteiger charge is -2.02. The Balaban J connectivity index is 2.08. The molecule has 21 heavy (non-hydrogen) atoms. The Labute approximate surface area is 132 Å². The molecule has 1 heterocycles. The molecule has 0 amide bonds. The highest BCUT2D eigenvalue weighted by Crippen LogP contribution is 2.25. The van der Waals surface area contributed by atoms with Crippen molar-refractivity contribution in [3.8, 4) is 16.9 Å². The molecule has 4 heteroatoms. The SMILES string of the molecule is Cc1cccc(-n2cc(CN)c(-c3ccc(Br)cc3)n2)c1. The molecular weight excluding hydrogens is 326 g/mol. The van der Waals surface area contributed by atoms with Gasteiger partial charge in [0.05, 0.1) is 11.4 Å². The summed E-state index contributed by atoms with van der Waals surface area (Å²) < 4.78 is 2.95. The zero-order chi connectivity index (χ0) is 14.8. The van der Waals surface area contributed by atoms with Crippen molar-refractivity contribution in [3.63, 3.8) is 0 Å². The van der Waals surface area contributed by atoms with Gasteiger partial charge in [-0.15, -0.1) is 0 Å². The van der Waals surface area contributed by atoms with Gasteiger partial charge in [-0.3, -0.25) is 0 Å². The molecule has 3 rings (SSSR count). The van der Waals surface area contributed by atoms with Crippen molar-refractivity contribution in [1.29, 1.82) is 0 Å². The van der Waals surface area contributed by atoms with E-state index in [1.165, 1.54) is 5.56 Å². The summed E-state index contributed by atoms with van der Waals surface area (Å²) in [6.07, 6.45) is 2.01. The van der Waals surface area contributed by atoms with Crippen molar-refractivity contribution in [2.24, 2.45) is 5.73 Å². The van der Waals surface area contributed by atoms with Gasteiger partial charge in [-0.2, -0.15) is 5.10 Å². The first kappa shape index (κ1) is 14.0. The minimum Gasteiger partial charge on any atom is -0.326 e. The molecule has 0 fully saturated rings. The molecule has 0 aliphatic rings. The number of halogens is 1. The van der Waals surface area contributed by atoms with E-state index >= 15 is 0 Å². The number of hydrogen-bond donors (Lipinski definition) is 1. The quantitative estimate of drug-likeness (QED) is 0.780. The molecule has 2 N–H and O–H groups in total. The molecule has 3 aromatic rings. The standard InChI is InChI=1S/C17H16BrN3/c1-12-3-2-4-16(9-12)21-11-14(10-19)17(20-21)13-5-7-15(18)8-6-13/h2-9,11H,10,19H2,1H3. The lowest BCUT2D eigenvalue weighted by atomic mass is 10.1. The fourth-order valence-electron chi connectivity index (χ4n) is 2.31. The van der Waals surface area contributed by atoms with Crippen LogP contribution in [0.1, 0.15) is 11.1 Å². The van der Waals surface area contributed by atoms with Crippen LogP contribution < -0.4 is 5.73 Å². The average Bonchev–Trinajstić information content (AvgIpc) is 2.92. The van der Waals surface area contributed by atoms with Crippen molar-refractivity contribution in [2.45, 2.75) is 13.5 Å². The van der Waals surface area contributed by atoms with Crippen LogP contribution in [-0.4, -0.2) is 9.78 Å². The van der Waals surface area contributed by atoms with E-state index < -0.39 is 0 Å². The predicted molar refractivity (Wildman–Crippen MR) is 89.3 cm³/mol. The van der Waals surface area contributed by atoms with Crippen molar-refractivity contribution < 1.29 is 0 Å². The molecule has 0 radical (unpaired) electrons. The van der Waals surface area contributed by atoms with Crippen LogP contribution in [0, 0.1) is 6.92 Å². The highest BCUT2D eigenvalue weighted by molar-refractivity contribution is 9.10. The summed E-state index contributed by atoms with van der Waals surface area (Å²) in [7, 11) is 0. The monoisotopic (exact) mass is 341 g/mol. The number of aryl methyl sites for hydroxylation is 1. The normalized spacial score (nSPS) is 10.8. The molecule has 0 saturated heterocycles. The van der Waals surface area contributed by atoms with Crippen LogP contribution in [0.15, 0.2) is 59.2 Å². The van der Waals surface area contributed by atoms with Crippen LogP contribution in [0.3, 0.4) is 0 Å². The molecule has 1 aromatic heterocycles. The third-order valence-corrected chi connectivity index (χ3v) is 3.92. The first-order valence-corrected chi connectivity index (χ1v) is 7.58. The minimum atomic E-state index is 0.469. The van der Waals surface area contributed by atoms with Gasteiger partial charge in [-0.25, -0.2) is 4.68 Å². The van der Waals surface area contributed by atoms with Crippen molar-refractivity contribution in [2.75, 3.05) is 0 Å². The van der Waals surface area contributed by atoms with E-state index in [0.29, 0.717) is 6.54 Å². The number of nitrogens with two attached hydrogens (primary N) is 1. The first-order valence-electron chi connectivity index (χ1n) is 6.79. The minimum absolute atomic E-state index is 0.469. The molecule has 0 atom stereocenters. The maximum atomic E-state index is 5.88. The van der Waals surface area contributed by atoms with Gasteiger partial charge < -0.3 is 5.73 Å². The van der Waals surface area contributed by atoms with E-state index in [2.05, 4.69) is 35.0 Å². The van der Waals surface area contributed by atoms with Crippen molar-refractivity contribution >= 4 is 15.9 Å². The highest BCUT2D eigenvalue weighted by atomic mass is 79.9. The van der Waals surface area contributed by atoms with Crippen molar-refractivity contribution in [1.82, 2.24) is 9.78 Å². The molecule has 0 aliphatic heterocycles. The number of rotatable bonds is 3. The maximum absolute atomic E-state index is 5.88. The Morgan fingerprint density at radius 1 is 1.14 bits per heavy atom. The van der Waals surface area contributed by atoms with Crippen molar-refractivity contribution in [3.05, 3.63) is 70.3 Å². The number of nitrogens with zero attached hydrogens (tertiary/aromatic N) is 2. The fraction of sp³-hybridized carbons (Fsp3) is 0.118. The number of benzene rings is 2. The molecule has 3 nitrogen and oxygen atoms in total. The second kappa shape index (κ2) is 5.84. The van der Waals surface area contributed by atoms with E-state index in [-0.39, 0.29) is 0 Å². The predicted octanol–water partition coefficient (Wildman–Crippen LogP) is 4.07. The van der Waals surface area contributed by atoms with Gasteiger partial charge in [-0.1, -0.05) is 40.2 Å². The summed E-state index contributed by atoms with van der Waals surface area (Å²) in [6, 6.07) is 16.4. The lowest BCUT2D eigenvalue weighted by Crippen LogP contribution is -1.96. The zero-order valence-electron chi connectivity index (χ0n) is 11.8. The molecule has 2 aromatic carbocycles. The van der Waals surface area contributed by atoms with Crippen LogP contribution >= 0.6 is 15.9 Å². The maximum Gasteiger partial charge on any atom is 0.0972 e. The fourth-order valence-corrected chi connectivity index (χ4v) is 2.58. The van der Waals surface area contributed by atoms with Gasteiger partial charge in [0.15, 0.2) is 0 Å². The van der Waals surface area contributed by atoms with Gasteiger partial charge in [0.1, 0.15) is 0 Å². The van der Waals surface area contributed by atoms with Gasteiger partial charge >= 0.3 is 0 Å². The molecule has 0 bridgehead atoms. The third kappa shape index (κ3) is 2.91. The first-order chi connectivity index (χ1) is 10.2. The molecule has 0 unspecified atom stereocenters. The molecule has 0 aliphatic carbocycles. The molecular formula is C17H16BrN3. The summed E-state index contributed by atoms with van der Waals surface area (Å²) >= 11 is 3.45. The summed E-state index contributed by atoms with van der Waals surface area (Å²) in [6.45, 7) is 2.55. The van der Waals surface area contributed by atoms with Crippen LogP contribution in [-0.2, 0) is 6.54 Å². The Bertz CT molecular complexity index is 760. The Morgan fingerprint density at radius 2 is 1.90 bits per heavy atom. The van der Waals surface area contributed by atoms with E-state index in [1.54, 1.807) is 0 Å². The Morgan fingerprint density at radius 3 is 2.57 bits per heavy atom. The topological polar surface area (TPSA) is 43.8 Å². The van der Waals surface area contributed by atoms with E-state index in [4.69, 9.17) is 10.8 Å². The average molecular weight is 342 g/mol. The van der Waals surface area contributed by atoms with E-state index in [0.717, 1.165) is 27.0 Å². The third-order valence-electron chi connectivity index (χ3n) is 3.39. The largest absolute Gasteiger partial charge is 0.326 e. The zero-order valence-corrected chi connectivity index (χ0v) is 13.3. The van der Waals surface area contributed by atoms with Gasteiger partial charge in [-0.05, 0) is 36.8 Å². The highest BCUT2D eigenvalue weighted by Gasteiger charge is 2.11. The summed E-state index contributed by atoms with van der Waals surface area (Å²) in [4.78, 5) is 0. The summed E-state index contributed by atoms with van der Waals surface area (Å²) in [5.41, 5.74) is 11.2. The summed E-state index contributed by atoms with van der Waals surface area (Å²) in [5.74, 6) is 0. The van der Waals surface area contributed by atoms with Crippen LogP contribution in [0.4, 0.5) is 0 Å². The Kier molecular flexibility index (Phi) is 3.90. The number of aromatic nitrogens is 2. The molecule has 0 saturated carbocycles. The van der Waals surface area contributed by atoms with Crippen LogP contribution in [0.2, 0.25) is 0 Å². The van der Waals surface area contributed by atoms with Gasteiger partial charge in [0.2, 0.25) is 0 Å². The second-order valence-corrected chi connectivity index (χ2v) is 5.91. The van der Waals surface area contributed by atoms with Crippen LogP contribution in [0.25, 0.3) is 16.9 Å². The van der Waals surface area contributed by atoms with E-state index in [9.17, 15) is 0 Å². The van der Waals surface area contributed by atoms with Gasteiger partial charge in [0, 0.05) is 28.3 Å². The molecule has 0 spiro atoms. The smallest absolute Gasteiger partial charge is 0.0972 e. The Hall–Kier alpha value is -1.91. The molecule has 106 valence electrons. The van der Waals surface area contributed by atoms with Gasteiger partial charge in [0.25, 0.3) is 0 Å². The lowest BCUT2D eigenvalue weighted by molar-refractivity contribution is 0.881. The number of hydrogen-bond acceptors (Lipinski definition) is 2. The van der Waals surface area contributed by atoms with E-state index in [1.807, 2.05) is 47.3 Å².